The number of benzene rings is 1. The van der Waals surface area contributed by atoms with Gasteiger partial charge in [0, 0.05) is 12.6 Å². The van der Waals surface area contributed by atoms with Crippen molar-refractivity contribution < 1.29 is 9.90 Å². The third-order valence-corrected chi connectivity index (χ3v) is 7.55. The number of rotatable bonds is 4. The van der Waals surface area contributed by atoms with Crippen LogP contribution in [0.3, 0.4) is 0 Å². The van der Waals surface area contributed by atoms with Gasteiger partial charge in [-0.1, -0.05) is 30.3 Å². The van der Waals surface area contributed by atoms with E-state index in [-0.39, 0.29) is 11.6 Å². The lowest BCUT2D eigenvalue weighted by molar-refractivity contribution is -0.152. The summed E-state index contributed by atoms with van der Waals surface area (Å²) < 4.78 is 0. The largest absolute Gasteiger partial charge is 0.390 e. The SMILES string of the molecule is CC1(CCc2ccccc2)CN(C2C3CC4CC2CC(O)(C4)C3)C(=O)N1. The number of carbonyl (C=O) groups excluding carboxylic acids is 1. The van der Waals surface area contributed by atoms with Crippen molar-refractivity contribution in [1.82, 2.24) is 10.2 Å². The molecule has 1 aromatic carbocycles. The molecule has 0 radical (unpaired) electrons. The van der Waals surface area contributed by atoms with Crippen LogP contribution in [0.2, 0.25) is 0 Å². The summed E-state index contributed by atoms with van der Waals surface area (Å²) in [6, 6.07) is 11.0. The van der Waals surface area contributed by atoms with Gasteiger partial charge in [-0.2, -0.15) is 0 Å². The summed E-state index contributed by atoms with van der Waals surface area (Å²) in [5.41, 5.74) is 0.747. The Kier molecular flexibility index (Phi) is 3.66. The molecule has 6 rings (SSSR count). The van der Waals surface area contributed by atoms with Gasteiger partial charge in [-0.3, -0.25) is 0 Å². The van der Waals surface area contributed by atoms with Crippen molar-refractivity contribution in [3.63, 3.8) is 0 Å². The Hall–Kier alpha value is -1.55. The fraction of sp³-hybridized carbons (Fsp3) is 0.682. The predicted molar refractivity (Wildman–Crippen MR) is 101 cm³/mol. The van der Waals surface area contributed by atoms with Gasteiger partial charge in [-0.15, -0.1) is 0 Å². The predicted octanol–water partition coefficient (Wildman–Crippen LogP) is 3.34. The van der Waals surface area contributed by atoms with Gasteiger partial charge in [0.15, 0.2) is 0 Å². The maximum atomic E-state index is 12.9. The zero-order valence-corrected chi connectivity index (χ0v) is 15.7. The van der Waals surface area contributed by atoms with Gasteiger partial charge in [0.1, 0.15) is 0 Å². The Morgan fingerprint density at radius 3 is 2.50 bits per heavy atom. The van der Waals surface area contributed by atoms with E-state index >= 15 is 0 Å². The molecule has 4 saturated carbocycles. The molecule has 4 aliphatic carbocycles. The van der Waals surface area contributed by atoms with E-state index in [1.807, 2.05) is 6.07 Å². The lowest BCUT2D eigenvalue weighted by atomic mass is 9.52. The molecule has 1 aliphatic heterocycles. The van der Waals surface area contributed by atoms with Crippen LogP contribution in [0.25, 0.3) is 0 Å². The fourth-order valence-electron chi connectivity index (χ4n) is 6.73. The summed E-state index contributed by atoms with van der Waals surface area (Å²) in [5.74, 6) is 1.67. The zero-order valence-electron chi connectivity index (χ0n) is 15.7. The fourth-order valence-corrected chi connectivity index (χ4v) is 6.73. The van der Waals surface area contributed by atoms with Crippen LogP contribution in [0.1, 0.15) is 51.0 Å². The summed E-state index contributed by atoms with van der Waals surface area (Å²) in [5, 5.41) is 14.1. The standard InChI is InChI=1S/C22H30N2O2/c1-21(8-7-15-5-3-2-4-6-15)14-24(20(25)23-21)19-17-9-16-10-18(19)13-22(26,11-16)12-17/h2-6,16-19,26H,7-14H2,1H3,(H,23,25). The van der Waals surface area contributed by atoms with Crippen molar-refractivity contribution in [2.24, 2.45) is 17.8 Å². The average molecular weight is 354 g/mol. The number of aliphatic hydroxyl groups is 1. The molecule has 1 heterocycles. The molecular formula is C22H30N2O2. The number of hydrogen-bond acceptors (Lipinski definition) is 2. The summed E-state index contributed by atoms with van der Waals surface area (Å²) in [7, 11) is 0. The number of aryl methyl sites for hydroxylation is 1. The van der Waals surface area contributed by atoms with E-state index in [9.17, 15) is 9.90 Å². The van der Waals surface area contributed by atoms with E-state index in [0.717, 1.165) is 38.6 Å². The summed E-state index contributed by atoms with van der Waals surface area (Å²) in [6.45, 7) is 3.00. The van der Waals surface area contributed by atoms with E-state index in [0.29, 0.717) is 23.8 Å². The molecular weight excluding hydrogens is 324 g/mol. The molecule has 4 heteroatoms. The van der Waals surface area contributed by atoms with Gasteiger partial charge in [0.25, 0.3) is 0 Å². The summed E-state index contributed by atoms with van der Waals surface area (Å²) in [6.07, 6.45) is 7.15. The molecule has 26 heavy (non-hydrogen) atoms. The van der Waals surface area contributed by atoms with E-state index in [1.165, 1.54) is 18.4 Å². The quantitative estimate of drug-likeness (QED) is 0.871. The van der Waals surface area contributed by atoms with Crippen LogP contribution in [-0.4, -0.2) is 39.8 Å². The van der Waals surface area contributed by atoms with E-state index in [1.54, 1.807) is 0 Å². The van der Waals surface area contributed by atoms with Crippen molar-refractivity contribution >= 4 is 6.03 Å². The minimum absolute atomic E-state index is 0.116. The normalized spacial score (nSPS) is 43.8. The first-order valence-corrected chi connectivity index (χ1v) is 10.3. The number of carbonyl (C=O) groups is 1. The van der Waals surface area contributed by atoms with Crippen molar-refractivity contribution in [1.29, 1.82) is 0 Å². The lowest BCUT2D eigenvalue weighted by Crippen LogP contribution is -2.62. The van der Waals surface area contributed by atoms with Crippen molar-refractivity contribution in [3.8, 4) is 0 Å². The van der Waals surface area contributed by atoms with Crippen LogP contribution in [0, 0.1) is 17.8 Å². The minimum atomic E-state index is -0.431. The molecule has 0 spiro atoms. The molecule has 1 aromatic rings. The molecule has 5 fully saturated rings. The maximum absolute atomic E-state index is 12.9. The van der Waals surface area contributed by atoms with Gasteiger partial charge in [-0.05, 0) is 75.2 Å². The highest BCUT2D eigenvalue weighted by atomic mass is 16.3. The Morgan fingerprint density at radius 1 is 1.15 bits per heavy atom. The Morgan fingerprint density at radius 2 is 1.85 bits per heavy atom. The molecule has 140 valence electrons. The maximum Gasteiger partial charge on any atom is 0.318 e. The second-order valence-electron chi connectivity index (χ2n) is 9.79. The van der Waals surface area contributed by atoms with Gasteiger partial charge in [-0.25, -0.2) is 4.79 Å². The van der Waals surface area contributed by atoms with Crippen LogP contribution >= 0.6 is 0 Å². The second-order valence-corrected chi connectivity index (χ2v) is 9.79. The number of urea groups is 1. The first-order valence-electron chi connectivity index (χ1n) is 10.3. The van der Waals surface area contributed by atoms with Crippen LogP contribution in [0.4, 0.5) is 4.79 Å². The highest BCUT2D eigenvalue weighted by Gasteiger charge is 2.58. The first kappa shape index (κ1) is 16.6. The van der Waals surface area contributed by atoms with Gasteiger partial charge in [0.05, 0.1) is 11.1 Å². The minimum Gasteiger partial charge on any atom is -0.390 e. The van der Waals surface area contributed by atoms with Gasteiger partial charge in [0.2, 0.25) is 0 Å². The smallest absolute Gasteiger partial charge is 0.318 e. The molecule has 3 unspecified atom stereocenters. The Balaban J connectivity index is 1.30. The number of nitrogens with zero attached hydrogens (tertiary/aromatic N) is 1. The summed E-state index contributed by atoms with van der Waals surface area (Å²) in [4.78, 5) is 15.0. The van der Waals surface area contributed by atoms with E-state index in [4.69, 9.17) is 0 Å². The van der Waals surface area contributed by atoms with Crippen LogP contribution in [0.5, 0.6) is 0 Å². The van der Waals surface area contributed by atoms with Crippen molar-refractivity contribution in [2.75, 3.05) is 6.54 Å². The molecule has 3 atom stereocenters. The third-order valence-electron chi connectivity index (χ3n) is 7.55. The molecule has 5 aliphatic rings. The topological polar surface area (TPSA) is 52.6 Å². The van der Waals surface area contributed by atoms with Gasteiger partial charge < -0.3 is 15.3 Å². The molecule has 2 N–H and O–H groups in total. The van der Waals surface area contributed by atoms with Crippen molar-refractivity contribution in [2.45, 2.75) is 69.1 Å². The van der Waals surface area contributed by atoms with E-state index in [2.05, 4.69) is 41.4 Å². The summed E-state index contributed by atoms with van der Waals surface area (Å²) >= 11 is 0. The van der Waals surface area contributed by atoms with Gasteiger partial charge >= 0.3 is 6.03 Å². The highest BCUT2D eigenvalue weighted by molar-refractivity contribution is 5.78. The monoisotopic (exact) mass is 354 g/mol. The van der Waals surface area contributed by atoms with E-state index < -0.39 is 5.60 Å². The first-order chi connectivity index (χ1) is 12.4. The molecule has 4 bridgehead atoms. The highest BCUT2D eigenvalue weighted by Crippen LogP contribution is 2.57. The number of nitrogens with one attached hydrogen (secondary N) is 1. The Bertz CT molecular complexity index is 689. The van der Waals surface area contributed by atoms with Crippen LogP contribution in [0.15, 0.2) is 30.3 Å². The molecule has 1 saturated heterocycles. The lowest BCUT2D eigenvalue weighted by Gasteiger charge is -2.59. The van der Waals surface area contributed by atoms with Crippen LogP contribution < -0.4 is 5.32 Å². The molecule has 2 amide bonds. The Labute approximate surface area is 156 Å². The molecule has 0 aromatic heterocycles. The number of hydrogen-bond donors (Lipinski definition) is 2. The molecule has 4 nitrogen and oxygen atoms in total. The number of amides is 2. The van der Waals surface area contributed by atoms with Crippen LogP contribution in [-0.2, 0) is 6.42 Å². The average Bonchev–Trinajstić information content (AvgIpc) is 2.87. The third kappa shape index (κ3) is 2.74. The zero-order chi connectivity index (χ0) is 17.9. The van der Waals surface area contributed by atoms with Crippen molar-refractivity contribution in [3.05, 3.63) is 35.9 Å². The second kappa shape index (κ2) is 5.72.